The molecule has 5 nitrogen and oxygen atoms in total. The molecule has 0 spiro atoms. The fraction of sp³-hybridized carbons (Fsp3) is 0.222. The van der Waals surface area contributed by atoms with E-state index in [1.165, 1.54) is 12.1 Å². The molecule has 0 aliphatic rings. The molecule has 0 bridgehead atoms. The van der Waals surface area contributed by atoms with E-state index in [0.717, 1.165) is 6.20 Å². The number of pyridine rings is 1. The zero-order chi connectivity index (χ0) is 11.3. The molecule has 0 saturated carbocycles. The normalized spacial score (nSPS) is 10.7. The fourth-order valence-corrected chi connectivity index (χ4v) is 1.12. The van der Waals surface area contributed by atoms with Gasteiger partial charge in [0, 0.05) is 17.5 Å². The van der Waals surface area contributed by atoms with Crippen molar-refractivity contribution in [1.29, 1.82) is 0 Å². The number of nitrogens with one attached hydrogen (secondary N) is 1. The summed E-state index contributed by atoms with van der Waals surface area (Å²) in [4.78, 5) is 23.4. The van der Waals surface area contributed by atoms with Crippen LogP contribution in [0.25, 0.3) is 6.08 Å². The smallest absolute Gasteiger partial charge is 0.286 e. The molecule has 0 amide bonds. The summed E-state index contributed by atoms with van der Waals surface area (Å²) in [6, 6.07) is 1.23. The number of alkyl halides is 1. The lowest BCUT2D eigenvalue weighted by Gasteiger charge is -1.93. The first-order valence-electron chi connectivity index (χ1n) is 4.25. The summed E-state index contributed by atoms with van der Waals surface area (Å²) in [7, 11) is 0. The molecule has 1 rings (SSSR count). The van der Waals surface area contributed by atoms with Crippen LogP contribution in [0.15, 0.2) is 23.1 Å². The number of nitrogens with zero attached hydrogens (tertiary/aromatic N) is 1. The quantitative estimate of drug-likeness (QED) is 0.486. The second-order valence-electron chi connectivity index (χ2n) is 2.78. The number of rotatable bonds is 4. The first kappa shape index (κ1) is 11.5. The number of hydrogen-bond acceptors (Lipinski definition) is 3. The van der Waals surface area contributed by atoms with Crippen molar-refractivity contribution in [2.24, 2.45) is 0 Å². The van der Waals surface area contributed by atoms with Crippen LogP contribution in [-0.2, 0) is 0 Å². The summed E-state index contributed by atoms with van der Waals surface area (Å²) in [5.41, 5.74) is -0.235. The zero-order valence-electron chi connectivity index (χ0n) is 7.77. The molecular weight excluding hydrogens is 220 g/mol. The van der Waals surface area contributed by atoms with Crippen molar-refractivity contribution in [1.82, 2.24) is 4.98 Å². The Labute approximate surface area is 90.5 Å². The highest BCUT2D eigenvalue weighted by molar-refractivity contribution is 6.17. The fourth-order valence-electron chi connectivity index (χ4n) is 0.992. The predicted molar refractivity (Wildman–Crippen MR) is 58.1 cm³/mol. The molecule has 0 fully saturated rings. The van der Waals surface area contributed by atoms with Crippen LogP contribution < -0.4 is 5.56 Å². The standard InChI is InChI=1S/C9H9ClN2O3/c10-4-2-1-3-7-5-8(12(14)15)6-11-9(7)13/h1,3,5-6H,2,4H2,(H,11,13). The van der Waals surface area contributed by atoms with E-state index in [0.29, 0.717) is 12.3 Å². The van der Waals surface area contributed by atoms with E-state index < -0.39 is 4.92 Å². The molecule has 80 valence electrons. The first-order chi connectivity index (χ1) is 7.15. The minimum atomic E-state index is -0.561. The molecule has 0 atom stereocenters. The Bertz CT molecular complexity index is 439. The Hall–Kier alpha value is -1.62. The second-order valence-corrected chi connectivity index (χ2v) is 3.16. The molecule has 6 heteroatoms. The molecule has 0 saturated heterocycles. The van der Waals surface area contributed by atoms with Crippen molar-refractivity contribution < 1.29 is 4.92 Å². The van der Waals surface area contributed by atoms with Gasteiger partial charge in [-0.25, -0.2) is 0 Å². The van der Waals surface area contributed by atoms with Gasteiger partial charge in [0.2, 0.25) is 0 Å². The molecule has 0 unspecified atom stereocenters. The molecule has 0 aliphatic heterocycles. The maximum atomic E-state index is 11.2. The Kier molecular flexibility index (Phi) is 4.05. The minimum Gasteiger partial charge on any atom is -0.322 e. The number of allylic oxidation sites excluding steroid dienone is 1. The molecule has 1 N–H and O–H groups in total. The van der Waals surface area contributed by atoms with Crippen molar-refractivity contribution >= 4 is 23.4 Å². The van der Waals surface area contributed by atoms with Gasteiger partial charge in [-0.3, -0.25) is 14.9 Å². The number of hydrogen-bond donors (Lipinski definition) is 1. The molecule has 1 aromatic heterocycles. The van der Waals surface area contributed by atoms with Gasteiger partial charge >= 0.3 is 0 Å². The third-order valence-corrected chi connectivity index (χ3v) is 1.92. The SMILES string of the molecule is O=c1[nH]cc([N+](=O)[O-])cc1C=CCCCl. The highest BCUT2D eigenvalue weighted by atomic mass is 35.5. The maximum Gasteiger partial charge on any atom is 0.286 e. The van der Waals surface area contributed by atoms with Gasteiger partial charge in [-0.2, -0.15) is 0 Å². The number of aromatic nitrogens is 1. The highest BCUT2D eigenvalue weighted by Gasteiger charge is 2.07. The largest absolute Gasteiger partial charge is 0.322 e. The van der Waals surface area contributed by atoms with Gasteiger partial charge in [0.05, 0.1) is 11.1 Å². The summed E-state index contributed by atoms with van der Waals surface area (Å²) >= 11 is 5.44. The van der Waals surface area contributed by atoms with Gasteiger partial charge in [-0.05, 0) is 6.42 Å². The topological polar surface area (TPSA) is 76.0 Å². The Morgan fingerprint density at radius 1 is 1.60 bits per heavy atom. The Morgan fingerprint density at radius 2 is 2.33 bits per heavy atom. The lowest BCUT2D eigenvalue weighted by atomic mass is 10.2. The third kappa shape index (κ3) is 3.21. The number of halogens is 1. The molecular formula is C9H9ClN2O3. The lowest BCUT2D eigenvalue weighted by molar-refractivity contribution is -0.385. The van der Waals surface area contributed by atoms with E-state index in [-0.39, 0.29) is 16.8 Å². The van der Waals surface area contributed by atoms with Gasteiger partial charge in [0.25, 0.3) is 11.2 Å². The average molecular weight is 229 g/mol. The first-order valence-corrected chi connectivity index (χ1v) is 4.78. The molecule has 1 aromatic rings. The molecule has 0 aliphatic carbocycles. The molecule has 0 radical (unpaired) electrons. The van der Waals surface area contributed by atoms with Gasteiger partial charge in [-0.15, -0.1) is 11.6 Å². The van der Waals surface area contributed by atoms with Crippen molar-refractivity contribution in [2.75, 3.05) is 5.88 Å². The Balaban J connectivity index is 3.00. The monoisotopic (exact) mass is 228 g/mol. The highest BCUT2D eigenvalue weighted by Crippen LogP contribution is 2.09. The van der Waals surface area contributed by atoms with Crippen molar-refractivity contribution in [3.63, 3.8) is 0 Å². The summed E-state index contributed by atoms with van der Waals surface area (Å²) in [5, 5.41) is 10.4. The van der Waals surface area contributed by atoms with Crippen LogP contribution in [0.3, 0.4) is 0 Å². The molecule has 0 aromatic carbocycles. The van der Waals surface area contributed by atoms with E-state index in [9.17, 15) is 14.9 Å². The van der Waals surface area contributed by atoms with Crippen LogP contribution in [0.1, 0.15) is 12.0 Å². The van der Waals surface area contributed by atoms with Gasteiger partial charge in [-0.1, -0.05) is 12.2 Å². The van der Waals surface area contributed by atoms with Crippen LogP contribution in [0, 0.1) is 10.1 Å². The summed E-state index contributed by atoms with van der Waals surface area (Å²) in [5.74, 6) is 0.448. The van der Waals surface area contributed by atoms with Gasteiger partial charge in [0.1, 0.15) is 0 Å². The summed E-state index contributed by atoms with van der Waals surface area (Å²) < 4.78 is 0. The second kappa shape index (κ2) is 5.31. The van der Waals surface area contributed by atoms with Gasteiger partial charge < -0.3 is 4.98 Å². The van der Waals surface area contributed by atoms with Crippen molar-refractivity contribution in [3.05, 3.63) is 44.4 Å². The lowest BCUT2D eigenvalue weighted by Crippen LogP contribution is -2.09. The van der Waals surface area contributed by atoms with E-state index in [2.05, 4.69) is 4.98 Å². The number of nitro groups is 1. The van der Waals surface area contributed by atoms with Crippen molar-refractivity contribution in [2.45, 2.75) is 6.42 Å². The van der Waals surface area contributed by atoms with E-state index in [1.54, 1.807) is 6.08 Å². The van der Waals surface area contributed by atoms with Gasteiger partial charge in [0.15, 0.2) is 0 Å². The average Bonchev–Trinajstić information content (AvgIpc) is 2.20. The van der Waals surface area contributed by atoms with Crippen molar-refractivity contribution in [3.8, 4) is 0 Å². The van der Waals surface area contributed by atoms with Crippen LogP contribution in [-0.4, -0.2) is 15.8 Å². The zero-order valence-corrected chi connectivity index (χ0v) is 8.53. The van der Waals surface area contributed by atoms with Crippen LogP contribution in [0.5, 0.6) is 0 Å². The van der Waals surface area contributed by atoms with Crippen LogP contribution in [0.2, 0.25) is 0 Å². The number of aromatic amines is 1. The van der Waals surface area contributed by atoms with E-state index in [1.807, 2.05) is 0 Å². The minimum absolute atomic E-state index is 0.139. The van der Waals surface area contributed by atoms with E-state index in [4.69, 9.17) is 11.6 Å². The molecule has 1 heterocycles. The van der Waals surface area contributed by atoms with E-state index >= 15 is 0 Å². The summed E-state index contributed by atoms with van der Waals surface area (Å²) in [6.07, 6.45) is 4.90. The van der Waals surface area contributed by atoms with Crippen LogP contribution in [0.4, 0.5) is 5.69 Å². The van der Waals surface area contributed by atoms with Crippen LogP contribution >= 0.6 is 11.6 Å². The molecule has 15 heavy (non-hydrogen) atoms. The third-order valence-electron chi connectivity index (χ3n) is 1.70. The predicted octanol–water partition coefficient (Wildman–Crippen LogP) is 1.93. The number of H-pyrrole nitrogens is 1. The Morgan fingerprint density at radius 3 is 2.93 bits per heavy atom. The maximum absolute atomic E-state index is 11.2. The summed E-state index contributed by atoms with van der Waals surface area (Å²) in [6.45, 7) is 0.